The van der Waals surface area contributed by atoms with Crippen molar-refractivity contribution in [1.82, 2.24) is 9.97 Å². The van der Waals surface area contributed by atoms with Gasteiger partial charge in [0.1, 0.15) is 24.9 Å². The zero-order chi connectivity index (χ0) is 10.5. The molecule has 1 aromatic carbocycles. The topological polar surface area (TPSA) is 37.9 Å². The zero-order valence-electron chi connectivity index (χ0n) is 8.11. The Kier molecular flexibility index (Phi) is 2.97. The average Bonchev–Trinajstić information content (AvgIpc) is 2.80. The first-order valence-corrected chi connectivity index (χ1v) is 4.69. The summed E-state index contributed by atoms with van der Waals surface area (Å²) in [5.41, 5.74) is 0.979. The van der Waals surface area contributed by atoms with Gasteiger partial charge >= 0.3 is 0 Å². The molecule has 0 unspecified atom stereocenters. The van der Waals surface area contributed by atoms with Crippen LogP contribution in [0.25, 0.3) is 11.4 Å². The van der Waals surface area contributed by atoms with Crippen molar-refractivity contribution in [2.75, 3.05) is 13.3 Å². The van der Waals surface area contributed by atoms with E-state index < -0.39 is 6.67 Å². The number of aromatic amines is 1. The van der Waals surface area contributed by atoms with Crippen LogP contribution in [0.2, 0.25) is 0 Å². The maximum Gasteiger partial charge on any atom is 0.137 e. The minimum atomic E-state index is -0.472. The van der Waals surface area contributed by atoms with Crippen molar-refractivity contribution in [3.8, 4) is 17.1 Å². The van der Waals surface area contributed by atoms with E-state index in [9.17, 15) is 4.39 Å². The minimum absolute atomic E-state index is 0.0973. The van der Waals surface area contributed by atoms with Crippen LogP contribution < -0.4 is 4.74 Å². The van der Waals surface area contributed by atoms with Gasteiger partial charge in [-0.25, -0.2) is 9.37 Å². The lowest BCUT2D eigenvalue weighted by molar-refractivity contribution is 0.273. The number of alkyl halides is 1. The molecule has 15 heavy (non-hydrogen) atoms. The molecule has 0 radical (unpaired) electrons. The van der Waals surface area contributed by atoms with E-state index in [4.69, 9.17) is 4.74 Å². The third-order valence-electron chi connectivity index (χ3n) is 1.97. The van der Waals surface area contributed by atoms with Crippen molar-refractivity contribution in [2.24, 2.45) is 0 Å². The molecule has 2 rings (SSSR count). The normalized spacial score (nSPS) is 10.2. The molecule has 0 spiro atoms. The largest absolute Gasteiger partial charge is 0.491 e. The zero-order valence-corrected chi connectivity index (χ0v) is 8.11. The lowest BCUT2D eigenvalue weighted by Gasteiger charge is -2.03. The molecule has 1 N–H and O–H groups in total. The Bertz CT molecular complexity index is 397. The van der Waals surface area contributed by atoms with Gasteiger partial charge in [0.25, 0.3) is 0 Å². The third kappa shape index (κ3) is 2.34. The lowest BCUT2D eigenvalue weighted by atomic mass is 10.2. The number of hydrogen-bond acceptors (Lipinski definition) is 2. The van der Waals surface area contributed by atoms with Crippen LogP contribution in [0, 0.1) is 0 Å². The highest BCUT2D eigenvalue weighted by Crippen LogP contribution is 2.18. The molecule has 0 aliphatic carbocycles. The summed E-state index contributed by atoms with van der Waals surface area (Å²) in [7, 11) is 0. The van der Waals surface area contributed by atoms with E-state index in [2.05, 4.69) is 9.97 Å². The van der Waals surface area contributed by atoms with Crippen LogP contribution in [-0.2, 0) is 0 Å². The van der Waals surface area contributed by atoms with Crippen molar-refractivity contribution in [1.29, 1.82) is 0 Å². The highest BCUT2D eigenvalue weighted by Gasteiger charge is 1.99. The van der Waals surface area contributed by atoms with Gasteiger partial charge in [-0.2, -0.15) is 0 Å². The maximum atomic E-state index is 11.8. The quantitative estimate of drug-likeness (QED) is 0.834. The molecule has 0 saturated carbocycles. The number of H-pyrrole nitrogens is 1. The van der Waals surface area contributed by atoms with Gasteiger partial charge in [-0.05, 0) is 24.3 Å². The van der Waals surface area contributed by atoms with Crippen molar-refractivity contribution in [3.05, 3.63) is 36.7 Å². The maximum absolute atomic E-state index is 11.8. The molecular weight excluding hydrogens is 195 g/mol. The molecule has 78 valence electrons. The standard InChI is InChI=1S/C11H11FN2O/c12-5-8-15-10-3-1-9(2-4-10)11-13-6-7-14-11/h1-4,6-7H,5,8H2,(H,13,14). The summed E-state index contributed by atoms with van der Waals surface area (Å²) in [6.45, 7) is -0.375. The number of halogens is 1. The second-order valence-corrected chi connectivity index (χ2v) is 3.00. The lowest BCUT2D eigenvalue weighted by Crippen LogP contribution is -1.98. The molecule has 0 aliphatic rings. The number of hydrogen-bond donors (Lipinski definition) is 1. The van der Waals surface area contributed by atoms with E-state index in [1.807, 2.05) is 12.1 Å². The van der Waals surface area contributed by atoms with E-state index in [0.29, 0.717) is 5.75 Å². The summed E-state index contributed by atoms with van der Waals surface area (Å²) in [6, 6.07) is 7.36. The van der Waals surface area contributed by atoms with Crippen molar-refractivity contribution in [2.45, 2.75) is 0 Å². The van der Waals surface area contributed by atoms with Crippen LogP contribution in [0.15, 0.2) is 36.7 Å². The summed E-state index contributed by atoms with van der Waals surface area (Å²) < 4.78 is 17.0. The molecule has 1 aromatic heterocycles. The molecule has 0 fully saturated rings. The number of imidazole rings is 1. The summed E-state index contributed by atoms with van der Waals surface area (Å²) in [5, 5.41) is 0. The molecule has 0 atom stereocenters. The fourth-order valence-electron chi connectivity index (χ4n) is 1.29. The van der Waals surface area contributed by atoms with Gasteiger partial charge in [0.05, 0.1) is 0 Å². The predicted molar refractivity (Wildman–Crippen MR) is 55.5 cm³/mol. The summed E-state index contributed by atoms with van der Waals surface area (Å²) in [6.07, 6.45) is 3.46. The molecule has 0 amide bonds. The van der Waals surface area contributed by atoms with Crippen LogP contribution in [0.3, 0.4) is 0 Å². The summed E-state index contributed by atoms with van der Waals surface area (Å²) >= 11 is 0. The average molecular weight is 206 g/mol. The predicted octanol–water partition coefficient (Wildman–Crippen LogP) is 2.42. The number of benzene rings is 1. The summed E-state index contributed by atoms with van der Waals surface area (Å²) in [4.78, 5) is 7.13. The fourth-order valence-corrected chi connectivity index (χ4v) is 1.29. The van der Waals surface area contributed by atoms with Crippen molar-refractivity contribution >= 4 is 0 Å². The van der Waals surface area contributed by atoms with Gasteiger partial charge in [0, 0.05) is 18.0 Å². The van der Waals surface area contributed by atoms with Gasteiger partial charge in [-0.1, -0.05) is 0 Å². The molecule has 0 saturated heterocycles. The van der Waals surface area contributed by atoms with Crippen LogP contribution in [0.4, 0.5) is 4.39 Å². The first-order chi connectivity index (χ1) is 7.40. The molecule has 1 heterocycles. The molecular formula is C11H11FN2O. The van der Waals surface area contributed by atoms with E-state index in [1.54, 1.807) is 24.5 Å². The number of ether oxygens (including phenoxy) is 1. The van der Waals surface area contributed by atoms with E-state index in [-0.39, 0.29) is 6.61 Å². The number of rotatable bonds is 4. The van der Waals surface area contributed by atoms with Gasteiger partial charge < -0.3 is 9.72 Å². The Balaban J connectivity index is 2.11. The minimum Gasteiger partial charge on any atom is -0.491 e. The van der Waals surface area contributed by atoms with Crippen LogP contribution in [-0.4, -0.2) is 23.2 Å². The van der Waals surface area contributed by atoms with Crippen molar-refractivity contribution < 1.29 is 9.13 Å². The molecule has 2 aromatic rings. The highest BCUT2D eigenvalue weighted by atomic mass is 19.1. The molecule has 0 bridgehead atoms. The van der Waals surface area contributed by atoms with Gasteiger partial charge in [-0.3, -0.25) is 0 Å². The van der Waals surface area contributed by atoms with Crippen LogP contribution >= 0.6 is 0 Å². The van der Waals surface area contributed by atoms with Gasteiger partial charge in [0.2, 0.25) is 0 Å². The second kappa shape index (κ2) is 4.59. The Hall–Kier alpha value is -1.84. The van der Waals surface area contributed by atoms with Crippen LogP contribution in [0.1, 0.15) is 0 Å². The number of nitrogens with one attached hydrogen (secondary N) is 1. The van der Waals surface area contributed by atoms with E-state index in [0.717, 1.165) is 11.4 Å². The highest BCUT2D eigenvalue weighted by molar-refractivity contribution is 5.55. The SMILES string of the molecule is FCCOc1ccc(-c2ncc[nH]2)cc1. The van der Waals surface area contributed by atoms with Gasteiger partial charge in [-0.15, -0.1) is 0 Å². The molecule has 0 aliphatic heterocycles. The smallest absolute Gasteiger partial charge is 0.137 e. The fraction of sp³-hybridized carbons (Fsp3) is 0.182. The van der Waals surface area contributed by atoms with Crippen LogP contribution in [0.5, 0.6) is 5.75 Å². The summed E-state index contributed by atoms with van der Waals surface area (Å²) in [5.74, 6) is 1.48. The Morgan fingerprint density at radius 3 is 2.67 bits per heavy atom. The third-order valence-corrected chi connectivity index (χ3v) is 1.97. The first-order valence-electron chi connectivity index (χ1n) is 4.69. The monoisotopic (exact) mass is 206 g/mol. The first kappa shape index (κ1) is 9.71. The second-order valence-electron chi connectivity index (χ2n) is 3.00. The van der Waals surface area contributed by atoms with Crippen molar-refractivity contribution in [3.63, 3.8) is 0 Å². The molecule has 4 heteroatoms. The Morgan fingerprint density at radius 2 is 2.07 bits per heavy atom. The van der Waals surface area contributed by atoms with Gasteiger partial charge in [0.15, 0.2) is 0 Å². The number of aromatic nitrogens is 2. The van der Waals surface area contributed by atoms with E-state index in [1.165, 1.54) is 0 Å². The van der Waals surface area contributed by atoms with E-state index >= 15 is 0 Å². The Labute approximate surface area is 86.9 Å². The molecule has 3 nitrogen and oxygen atoms in total. The number of nitrogens with zero attached hydrogens (tertiary/aromatic N) is 1. The Morgan fingerprint density at radius 1 is 1.27 bits per heavy atom.